The van der Waals surface area contributed by atoms with Gasteiger partial charge in [-0.2, -0.15) is 0 Å². The van der Waals surface area contributed by atoms with Crippen molar-refractivity contribution in [1.82, 2.24) is 10.6 Å². The number of fused-ring (bicyclic) bond motifs is 1. The average Bonchev–Trinajstić information content (AvgIpc) is 3.04. The van der Waals surface area contributed by atoms with E-state index in [1.807, 2.05) is 30.3 Å². The van der Waals surface area contributed by atoms with Crippen LogP contribution < -0.4 is 25.0 Å². The molecule has 2 atom stereocenters. The fourth-order valence-corrected chi connectivity index (χ4v) is 3.57. The standard InChI is InChI=1S/C23H25N3O5/c1-14(2)15-7-9-16(10-8-15)26-22(28)18(25-23(26)29)11-21(27)24-12-17-13-30-19-5-3-4-6-20(19)31-17/h3-10,14,17-18H,11-13H2,1-2H3,(H,24,27)(H,25,29)/t17-,18+/m1/s1. The van der Waals surface area contributed by atoms with Gasteiger partial charge in [0, 0.05) is 0 Å². The van der Waals surface area contributed by atoms with Crippen molar-refractivity contribution in [2.24, 2.45) is 0 Å². The number of ether oxygens (including phenoxy) is 2. The molecule has 162 valence electrons. The van der Waals surface area contributed by atoms with Gasteiger partial charge in [0.2, 0.25) is 5.91 Å². The zero-order valence-corrected chi connectivity index (χ0v) is 17.5. The molecule has 4 amide bonds. The van der Waals surface area contributed by atoms with Crippen LogP contribution in [0.3, 0.4) is 0 Å². The molecular weight excluding hydrogens is 398 g/mol. The lowest BCUT2D eigenvalue weighted by Gasteiger charge is -2.26. The first-order chi connectivity index (χ1) is 14.9. The quantitative estimate of drug-likeness (QED) is 0.696. The zero-order chi connectivity index (χ0) is 22.0. The lowest BCUT2D eigenvalue weighted by molar-refractivity contribution is -0.125. The first kappa shape index (κ1) is 20.7. The molecule has 1 fully saturated rings. The molecule has 8 heteroatoms. The van der Waals surface area contributed by atoms with Gasteiger partial charge in [0.05, 0.1) is 18.7 Å². The third-order valence-corrected chi connectivity index (χ3v) is 5.32. The fourth-order valence-electron chi connectivity index (χ4n) is 3.57. The number of rotatable bonds is 6. The van der Waals surface area contributed by atoms with E-state index in [0.29, 0.717) is 29.7 Å². The molecule has 4 rings (SSSR count). The first-order valence-corrected chi connectivity index (χ1v) is 10.3. The molecule has 2 aromatic carbocycles. The molecule has 2 aliphatic heterocycles. The van der Waals surface area contributed by atoms with Crippen LogP contribution in [0.4, 0.5) is 10.5 Å². The topological polar surface area (TPSA) is 97.0 Å². The maximum Gasteiger partial charge on any atom is 0.329 e. The van der Waals surface area contributed by atoms with Gasteiger partial charge in [-0.05, 0) is 35.7 Å². The maximum absolute atomic E-state index is 12.7. The van der Waals surface area contributed by atoms with Crippen LogP contribution in [0.2, 0.25) is 0 Å². The van der Waals surface area contributed by atoms with Gasteiger partial charge in [-0.1, -0.05) is 38.1 Å². The van der Waals surface area contributed by atoms with Crippen molar-refractivity contribution in [2.45, 2.75) is 38.3 Å². The van der Waals surface area contributed by atoms with Crippen LogP contribution in [-0.4, -0.2) is 43.1 Å². The van der Waals surface area contributed by atoms with E-state index in [2.05, 4.69) is 24.5 Å². The van der Waals surface area contributed by atoms with Gasteiger partial charge in [-0.3, -0.25) is 9.59 Å². The Labute approximate surface area is 180 Å². The number of hydrogen-bond acceptors (Lipinski definition) is 5. The van der Waals surface area contributed by atoms with E-state index < -0.39 is 18.0 Å². The van der Waals surface area contributed by atoms with Crippen LogP contribution in [0, 0.1) is 0 Å². The number of para-hydroxylation sites is 2. The highest BCUT2D eigenvalue weighted by Crippen LogP contribution is 2.30. The number of carbonyl (C=O) groups is 3. The van der Waals surface area contributed by atoms with E-state index in [-0.39, 0.29) is 25.0 Å². The molecule has 31 heavy (non-hydrogen) atoms. The SMILES string of the molecule is CC(C)c1ccc(N2C(=O)N[C@@H](CC(=O)NC[C@@H]3COc4ccccc4O3)C2=O)cc1. The first-order valence-electron chi connectivity index (χ1n) is 10.3. The van der Waals surface area contributed by atoms with Gasteiger partial charge in [0.1, 0.15) is 18.8 Å². The Bertz CT molecular complexity index is 989. The predicted molar refractivity (Wildman–Crippen MR) is 114 cm³/mol. The summed E-state index contributed by atoms with van der Waals surface area (Å²) in [6.45, 7) is 4.69. The third-order valence-electron chi connectivity index (χ3n) is 5.32. The van der Waals surface area contributed by atoms with Gasteiger partial charge in [-0.25, -0.2) is 9.69 Å². The fraction of sp³-hybridized carbons (Fsp3) is 0.348. The minimum absolute atomic E-state index is 0.144. The van der Waals surface area contributed by atoms with E-state index in [0.717, 1.165) is 10.5 Å². The molecule has 0 saturated carbocycles. The Morgan fingerprint density at radius 1 is 1.13 bits per heavy atom. The monoisotopic (exact) mass is 423 g/mol. The number of nitrogens with one attached hydrogen (secondary N) is 2. The molecule has 0 bridgehead atoms. The Morgan fingerprint density at radius 2 is 1.84 bits per heavy atom. The number of nitrogens with zero attached hydrogens (tertiary/aromatic N) is 1. The third kappa shape index (κ3) is 4.47. The molecule has 0 aliphatic carbocycles. The predicted octanol–water partition coefficient (Wildman–Crippen LogP) is 2.58. The zero-order valence-electron chi connectivity index (χ0n) is 17.5. The molecular formula is C23H25N3O5. The number of amides is 4. The molecule has 0 spiro atoms. The molecule has 0 radical (unpaired) electrons. The van der Waals surface area contributed by atoms with E-state index >= 15 is 0 Å². The van der Waals surface area contributed by atoms with Crippen molar-refractivity contribution in [3.8, 4) is 11.5 Å². The van der Waals surface area contributed by atoms with Crippen molar-refractivity contribution >= 4 is 23.5 Å². The molecule has 2 aromatic rings. The second-order valence-corrected chi connectivity index (χ2v) is 7.93. The molecule has 2 aliphatic rings. The maximum atomic E-state index is 12.7. The van der Waals surface area contributed by atoms with Crippen LogP contribution in [0.25, 0.3) is 0 Å². The summed E-state index contributed by atoms with van der Waals surface area (Å²) in [6, 6.07) is 13.2. The van der Waals surface area contributed by atoms with Crippen molar-refractivity contribution in [3.63, 3.8) is 0 Å². The van der Waals surface area contributed by atoms with E-state index in [9.17, 15) is 14.4 Å². The summed E-state index contributed by atoms with van der Waals surface area (Å²) in [5.41, 5.74) is 1.60. The molecule has 2 N–H and O–H groups in total. The molecule has 0 unspecified atom stereocenters. The Hall–Kier alpha value is -3.55. The van der Waals surface area contributed by atoms with Gasteiger partial charge >= 0.3 is 6.03 Å². The van der Waals surface area contributed by atoms with Crippen LogP contribution >= 0.6 is 0 Å². The second kappa shape index (κ2) is 8.67. The highest BCUT2D eigenvalue weighted by molar-refractivity contribution is 6.22. The minimum atomic E-state index is -0.901. The van der Waals surface area contributed by atoms with Crippen molar-refractivity contribution in [1.29, 1.82) is 0 Å². The summed E-state index contributed by atoms with van der Waals surface area (Å²) in [5.74, 6) is 0.860. The van der Waals surface area contributed by atoms with Gasteiger partial charge in [0.25, 0.3) is 5.91 Å². The van der Waals surface area contributed by atoms with Crippen LogP contribution in [0.1, 0.15) is 31.7 Å². The lowest BCUT2D eigenvalue weighted by Crippen LogP contribution is -2.43. The van der Waals surface area contributed by atoms with Crippen molar-refractivity contribution < 1.29 is 23.9 Å². The Morgan fingerprint density at radius 3 is 2.55 bits per heavy atom. The summed E-state index contributed by atoms with van der Waals surface area (Å²) in [4.78, 5) is 38.5. The molecule has 0 aromatic heterocycles. The normalized spacial score (nSPS) is 20.0. The second-order valence-electron chi connectivity index (χ2n) is 7.93. The molecule has 8 nitrogen and oxygen atoms in total. The Kier molecular flexibility index (Phi) is 5.79. The van der Waals surface area contributed by atoms with Crippen LogP contribution in [0.15, 0.2) is 48.5 Å². The average molecular weight is 423 g/mol. The minimum Gasteiger partial charge on any atom is -0.486 e. The summed E-state index contributed by atoms with van der Waals surface area (Å²) in [5, 5.41) is 5.35. The highest BCUT2D eigenvalue weighted by Gasteiger charge is 2.40. The van der Waals surface area contributed by atoms with Crippen LogP contribution in [-0.2, 0) is 9.59 Å². The van der Waals surface area contributed by atoms with Crippen molar-refractivity contribution in [2.75, 3.05) is 18.1 Å². The number of urea groups is 1. The van der Waals surface area contributed by atoms with Gasteiger partial charge in [0.15, 0.2) is 11.5 Å². The number of anilines is 1. The van der Waals surface area contributed by atoms with Crippen LogP contribution in [0.5, 0.6) is 11.5 Å². The van der Waals surface area contributed by atoms with Gasteiger partial charge < -0.3 is 20.1 Å². The smallest absolute Gasteiger partial charge is 0.329 e. The summed E-state index contributed by atoms with van der Waals surface area (Å²) in [6.07, 6.45) is -0.473. The van der Waals surface area contributed by atoms with E-state index in [1.165, 1.54) is 0 Å². The number of benzene rings is 2. The summed E-state index contributed by atoms with van der Waals surface area (Å²) in [7, 11) is 0. The Balaban J connectivity index is 1.31. The number of carbonyl (C=O) groups excluding carboxylic acids is 3. The summed E-state index contributed by atoms with van der Waals surface area (Å²) >= 11 is 0. The number of imide groups is 1. The van der Waals surface area contributed by atoms with Gasteiger partial charge in [-0.15, -0.1) is 0 Å². The number of hydrogen-bond donors (Lipinski definition) is 2. The van der Waals surface area contributed by atoms with E-state index in [4.69, 9.17) is 9.47 Å². The largest absolute Gasteiger partial charge is 0.486 e. The molecule has 1 saturated heterocycles. The lowest BCUT2D eigenvalue weighted by atomic mass is 10.0. The highest BCUT2D eigenvalue weighted by atomic mass is 16.6. The van der Waals surface area contributed by atoms with E-state index in [1.54, 1.807) is 18.2 Å². The molecule has 2 heterocycles. The summed E-state index contributed by atoms with van der Waals surface area (Å²) < 4.78 is 11.4. The van der Waals surface area contributed by atoms with Crippen molar-refractivity contribution in [3.05, 3.63) is 54.1 Å².